The van der Waals surface area contributed by atoms with Crippen molar-refractivity contribution in [1.29, 1.82) is 0 Å². The van der Waals surface area contributed by atoms with E-state index in [4.69, 9.17) is 4.74 Å². The maximum atomic E-state index is 5.70. The molecule has 0 aliphatic heterocycles. The molecule has 7 nitrogen and oxygen atoms in total. The van der Waals surface area contributed by atoms with Crippen molar-refractivity contribution in [3.8, 4) is 5.75 Å². The number of ether oxygens (including phenoxy) is 1. The van der Waals surface area contributed by atoms with Crippen LogP contribution in [0, 0.1) is 0 Å². The molecule has 0 unspecified atom stereocenters. The second-order valence-corrected chi connectivity index (χ2v) is 6.20. The van der Waals surface area contributed by atoms with Crippen molar-refractivity contribution >= 4 is 29.9 Å². The molecule has 2 N–H and O–H groups in total. The Labute approximate surface area is 188 Å². The third kappa shape index (κ3) is 8.10. The summed E-state index contributed by atoms with van der Waals surface area (Å²) in [6.07, 6.45) is 3.26. The molecule has 3 aromatic rings. The summed E-state index contributed by atoms with van der Waals surface area (Å²) in [5.74, 6) is 1.65. The quantitative estimate of drug-likeness (QED) is 0.202. The third-order valence-electron chi connectivity index (χ3n) is 3.97. The summed E-state index contributed by atoms with van der Waals surface area (Å²) in [6.45, 7) is 5.40. The molecular formula is C21H27IN6O. The molecule has 0 amide bonds. The monoisotopic (exact) mass is 506 g/mol. The second kappa shape index (κ2) is 12.8. The van der Waals surface area contributed by atoms with Crippen LogP contribution in [0.2, 0.25) is 0 Å². The van der Waals surface area contributed by atoms with Gasteiger partial charge in [-0.3, -0.25) is 0 Å². The van der Waals surface area contributed by atoms with Gasteiger partial charge in [0.25, 0.3) is 0 Å². The predicted octanol–water partition coefficient (Wildman–Crippen LogP) is 3.08. The Balaban J connectivity index is 0.00000300. The number of aromatic nitrogens is 3. The number of nitrogens with zero attached hydrogens (tertiary/aromatic N) is 4. The maximum absolute atomic E-state index is 5.70. The first kappa shape index (κ1) is 22.7. The van der Waals surface area contributed by atoms with Gasteiger partial charge < -0.3 is 15.4 Å². The number of rotatable bonds is 9. The van der Waals surface area contributed by atoms with Gasteiger partial charge in [0.1, 0.15) is 25.0 Å². The van der Waals surface area contributed by atoms with E-state index < -0.39 is 0 Å². The van der Waals surface area contributed by atoms with Gasteiger partial charge in [-0.05, 0) is 30.2 Å². The smallest absolute Gasteiger partial charge is 0.191 e. The number of para-hydroxylation sites is 1. The second-order valence-electron chi connectivity index (χ2n) is 6.20. The zero-order valence-corrected chi connectivity index (χ0v) is 18.8. The van der Waals surface area contributed by atoms with E-state index in [0.29, 0.717) is 26.2 Å². The van der Waals surface area contributed by atoms with E-state index in [1.54, 1.807) is 17.3 Å². The van der Waals surface area contributed by atoms with Gasteiger partial charge in [0, 0.05) is 6.54 Å². The Bertz CT molecular complexity index is 855. The van der Waals surface area contributed by atoms with Crippen molar-refractivity contribution < 1.29 is 4.74 Å². The van der Waals surface area contributed by atoms with Crippen LogP contribution in [0.3, 0.4) is 0 Å². The minimum absolute atomic E-state index is 0. The molecule has 154 valence electrons. The Morgan fingerprint density at radius 3 is 2.66 bits per heavy atom. The first-order valence-corrected chi connectivity index (χ1v) is 9.44. The van der Waals surface area contributed by atoms with Crippen LogP contribution in [0.15, 0.2) is 72.2 Å². The topological polar surface area (TPSA) is 76.4 Å². The van der Waals surface area contributed by atoms with Gasteiger partial charge in [-0.15, -0.1) is 24.0 Å². The average Bonchev–Trinajstić information content (AvgIpc) is 3.23. The molecule has 29 heavy (non-hydrogen) atoms. The molecule has 2 aromatic carbocycles. The Morgan fingerprint density at radius 2 is 1.90 bits per heavy atom. The highest BCUT2D eigenvalue weighted by molar-refractivity contribution is 14.0. The fraction of sp³-hybridized carbons (Fsp3) is 0.286. The van der Waals surface area contributed by atoms with Crippen LogP contribution < -0.4 is 15.4 Å². The first-order valence-electron chi connectivity index (χ1n) is 9.44. The van der Waals surface area contributed by atoms with Gasteiger partial charge in [-0.2, -0.15) is 5.10 Å². The van der Waals surface area contributed by atoms with Gasteiger partial charge in [0.05, 0.1) is 19.6 Å². The molecule has 0 spiro atoms. The molecule has 0 radical (unpaired) electrons. The van der Waals surface area contributed by atoms with Crippen molar-refractivity contribution in [3.05, 3.63) is 78.4 Å². The summed E-state index contributed by atoms with van der Waals surface area (Å²) < 4.78 is 7.51. The summed E-state index contributed by atoms with van der Waals surface area (Å²) >= 11 is 0. The lowest BCUT2D eigenvalue weighted by atomic mass is 10.1. The van der Waals surface area contributed by atoms with E-state index in [1.807, 2.05) is 36.4 Å². The minimum atomic E-state index is 0. The van der Waals surface area contributed by atoms with Crippen molar-refractivity contribution in [2.24, 2.45) is 4.99 Å². The summed E-state index contributed by atoms with van der Waals surface area (Å²) in [5, 5.41) is 10.7. The number of hydrogen-bond donors (Lipinski definition) is 2. The zero-order valence-electron chi connectivity index (χ0n) is 16.5. The number of halogens is 1. The lowest BCUT2D eigenvalue weighted by Gasteiger charge is -2.12. The van der Waals surface area contributed by atoms with Gasteiger partial charge in [0.15, 0.2) is 5.96 Å². The van der Waals surface area contributed by atoms with Crippen molar-refractivity contribution in [2.75, 3.05) is 19.7 Å². The van der Waals surface area contributed by atoms with Crippen LogP contribution in [0.1, 0.15) is 18.1 Å². The van der Waals surface area contributed by atoms with Crippen molar-refractivity contribution in [1.82, 2.24) is 25.4 Å². The molecule has 0 bridgehead atoms. The fourth-order valence-corrected chi connectivity index (χ4v) is 2.69. The SMILES string of the molecule is CCNC(=NCc1cccc(Cn2cncn2)c1)NCCOc1ccccc1.I. The Morgan fingerprint density at radius 1 is 1.07 bits per heavy atom. The molecular weight excluding hydrogens is 479 g/mol. The van der Waals surface area contributed by atoms with Gasteiger partial charge in [-0.25, -0.2) is 14.7 Å². The number of benzene rings is 2. The zero-order chi connectivity index (χ0) is 19.4. The number of nitrogens with one attached hydrogen (secondary N) is 2. The Kier molecular flexibility index (Phi) is 9.98. The van der Waals surface area contributed by atoms with E-state index in [0.717, 1.165) is 23.8 Å². The standard InChI is InChI=1S/C21H26N6O.HI/c1-2-23-21(24-11-12-28-20-9-4-3-5-10-20)25-14-18-7-6-8-19(13-18)15-27-17-22-16-26-27;/h3-10,13,16-17H,2,11-12,14-15H2,1H3,(H2,23,24,25);1H. The third-order valence-corrected chi connectivity index (χ3v) is 3.97. The summed E-state index contributed by atoms with van der Waals surface area (Å²) in [5.41, 5.74) is 2.32. The Hall–Kier alpha value is -2.62. The molecule has 0 saturated heterocycles. The number of hydrogen-bond acceptors (Lipinski definition) is 4. The van der Waals surface area contributed by atoms with E-state index in [1.165, 1.54) is 5.56 Å². The molecule has 3 rings (SSSR count). The highest BCUT2D eigenvalue weighted by Gasteiger charge is 2.01. The molecule has 0 aliphatic carbocycles. The van der Waals surface area contributed by atoms with E-state index in [9.17, 15) is 0 Å². The largest absolute Gasteiger partial charge is 0.492 e. The molecule has 1 aromatic heterocycles. The first-order chi connectivity index (χ1) is 13.8. The average molecular weight is 506 g/mol. The van der Waals surface area contributed by atoms with E-state index in [2.05, 4.69) is 50.8 Å². The maximum Gasteiger partial charge on any atom is 0.191 e. The fourth-order valence-electron chi connectivity index (χ4n) is 2.69. The lowest BCUT2D eigenvalue weighted by molar-refractivity contribution is 0.322. The van der Waals surface area contributed by atoms with Gasteiger partial charge >= 0.3 is 0 Å². The van der Waals surface area contributed by atoms with Gasteiger partial charge in [0.2, 0.25) is 0 Å². The van der Waals surface area contributed by atoms with Crippen molar-refractivity contribution in [3.63, 3.8) is 0 Å². The summed E-state index contributed by atoms with van der Waals surface area (Å²) in [6, 6.07) is 18.2. The van der Waals surface area contributed by atoms with E-state index in [-0.39, 0.29) is 24.0 Å². The molecule has 0 aliphatic rings. The van der Waals surface area contributed by atoms with Crippen LogP contribution in [0.5, 0.6) is 5.75 Å². The van der Waals surface area contributed by atoms with E-state index >= 15 is 0 Å². The van der Waals surface area contributed by atoms with Crippen LogP contribution in [-0.2, 0) is 13.1 Å². The summed E-state index contributed by atoms with van der Waals surface area (Å²) in [7, 11) is 0. The van der Waals surface area contributed by atoms with Crippen molar-refractivity contribution in [2.45, 2.75) is 20.0 Å². The van der Waals surface area contributed by atoms with Crippen LogP contribution >= 0.6 is 24.0 Å². The van der Waals surface area contributed by atoms with Crippen LogP contribution in [-0.4, -0.2) is 40.4 Å². The molecule has 0 fully saturated rings. The predicted molar refractivity (Wildman–Crippen MR) is 126 cm³/mol. The van der Waals surface area contributed by atoms with Crippen LogP contribution in [0.4, 0.5) is 0 Å². The minimum Gasteiger partial charge on any atom is -0.492 e. The molecule has 1 heterocycles. The molecule has 8 heteroatoms. The highest BCUT2D eigenvalue weighted by Crippen LogP contribution is 2.08. The molecule has 0 saturated carbocycles. The van der Waals surface area contributed by atoms with Gasteiger partial charge in [-0.1, -0.05) is 42.5 Å². The lowest BCUT2D eigenvalue weighted by Crippen LogP contribution is -2.39. The van der Waals surface area contributed by atoms with Crippen LogP contribution in [0.25, 0.3) is 0 Å². The normalized spacial score (nSPS) is 10.9. The highest BCUT2D eigenvalue weighted by atomic mass is 127. The number of guanidine groups is 1. The summed E-state index contributed by atoms with van der Waals surface area (Å²) in [4.78, 5) is 8.65. The number of aliphatic imine (C=N–C) groups is 1. The molecule has 0 atom stereocenters.